The first kappa shape index (κ1) is 11.5. The van der Waals surface area contributed by atoms with Gasteiger partial charge in [0, 0.05) is 18.8 Å². The highest BCUT2D eigenvalue weighted by molar-refractivity contribution is 7.99. The average Bonchev–Trinajstić information content (AvgIpc) is 2.51. The molecule has 1 aromatic heterocycles. The Bertz CT molecular complexity index is 272. The molecule has 4 nitrogen and oxygen atoms in total. The molecular weight excluding hydrogens is 196 g/mol. The van der Waals surface area contributed by atoms with Crippen molar-refractivity contribution in [3.63, 3.8) is 0 Å². The lowest BCUT2D eigenvalue weighted by atomic mass is 10.4. The number of nitrogens with zero attached hydrogens (tertiary/aromatic N) is 3. The van der Waals surface area contributed by atoms with Gasteiger partial charge in [0.05, 0.1) is 0 Å². The predicted molar refractivity (Wildman–Crippen MR) is 59.4 cm³/mol. The van der Waals surface area contributed by atoms with Crippen LogP contribution in [0.5, 0.6) is 0 Å². The quantitative estimate of drug-likeness (QED) is 0.575. The van der Waals surface area contributed by atoms with E-state index in [9.17, 15) is 0 Å². The van der Waals surface area contributed by atoms with Crippen molar-refractivity contribution in [2.45, 2.75) is 38.4 Å². The summed E-state index contributed by atoms with van der Waals surface area (Å²) in [5.41, 5.74) is 5.53. The van der Waals surface area contributed by atoms with E-state index in [4.69, 9.17) is 5.73 Å². The van der Waals surface area contributed by atoms with Crippen molar-refractivity contribution in [3.05, 3.63) is 5.82 Å². The van der Waals surface area contributed by atoms with Crippen LogP contribution in [0.4, 0.5) is 0 Å². The van der Waals surface area contributed by atoms with E-state index >= 15 is 0 Å². The second-order valence-corrected chi connectivity index (χ2v) is 4.23. The highest BCUT2D eigenvalue weighted by atomic mass is 32.2. The van der Waals surface area contributed by atoms with Crippen molar-refractivity contribution in [1.82, 2.24) is 14.8 Å². The van der Waals surface area contributed by atoms with Crippen LogP contribution in [0.2, 0.25) is 0 Å². The summed E-state index contributed by atoms with van der Waals surface area (Å²) in [6.45, 7) is 5.61. The summed E-state index contributed by atoms with van der Waals surface area (Å²) < 4.78 is 2.08. The summed E-state index contributed by atoms with van der Waals surface area (Å²) in [6.07, 6.45) is 2.44. The number of rotatable bonds is 6. The van der Waals surface area contributed by atoms with Crippen LogP contribution in [0.3, 0.4) is 0 Å². The molecule has 0 fully saturated rings. The SMILES string of the molecule is CCCCSc1nnc(C)n1CCN. The van der Waals surface area contributed by atoms with E-state index in [-0.39, 0.29) is 0 Å². The number of unbranched alkanes of at least 4 members (excludes halogenated alkanes) is 1. The van der Waals surface area contributed by atoms with Crippen LogP contribution in [0.25, 0.3) is 0 Å². The van der Waals surface area contributed by atoms with Crippen LogP contribution in [-0.4, -0.2) is 27.1 Å². The predicted octanol–water partition coefficient (Wildman–Crippen LogP) is 1.44. The molecule has 0 amide bonds. The van der Waals surface area contributed by atoms with E-state index in [1.807, 2.05) is 6.92 Å². The van der Waals surface area contributed by atoms with Gasteiger partial charge in [-0.2, -0.15) is 0 Å². The molecule has 0 bridgehead atoms. The molecule has 5 heteroatoms. The van der Waals surface area contributed by atoms with Crippen molar-refractivity contribution in [2.24, 2.45) is 5.73 Å². The molecule has 0 aliphatic rings. The molecule has 1 heterocycles. The minimum absolute atomic E-state index is 0.639. The smallest absolute Gasteiger partial charge is 0.191 e. The zero-order chi connectivity index (χ0) is 10.4. The Labute approximate surface area is 89.3 Å². The number of hydrogen-bond donors (Lipinski definition) is 1. The third kappa shape index (κ3) is 2.99. The molecule has 0 aliphatic carbocycles. The first-order valence-electron chi connectivity index (χ1n) is 5.02. The molecule has 0 aromatic carbocycles. The summed E-state index contributed by atoms with van der Waals surface area (Å²) in [7, 11) is 0. The van der Waals surface area contributed by atoms with Crippen LogP contribution < -0.4 is 5.73 Å². The molecule has 1 aromatic rings. The van der Waals surface area contributed by atoms with E-state index < -0.39 is 0 Å². The van der Waals surface area contributed by atoms with Crippen LogP contribution in [-0.2, 0) is 6.54 Å². The van der Waals surface area contributed by atoms with E-state index in [0.29, 0.717) is 6.54 Å². The summed E-state index contributed by atoms with van der Waals surface area (Å²) in [5.74, 6) is 2.06. The maximum absolute atomic E-state index is 5.53. The van der Waals surface area contributed by atoms with Crippen LogP contribution in [0.15, 0.2) is 5.16 Å². The summed E-state index contributed by atoms with van der Waals surface area (Å²) >= 11 is 1.77. The van der Waals surface area contributed by atoms with Gasteiger partial charge in [0.25, 0.3) is 0 Å². The molecule has 80 valence electrons. The topological polar surface area (TPSA) is 56.7 Å². The zero-order valence-electron chi connectivity index (χ0n) is 8.86. The second-order valence-electron chi connectivity index (χ2n) is 3.17. The maximum atomic E-state index is 5.53. The van der Waals surface area contributed by atoms with Crippen LogP contribution in [0.1, 0.15) is 25.6 Å². The fourth-order valence-corrected chi connectivity index (χ4v) is 2.26. The van der Waals surface area contributed by atoms with E-state index in [2.05, 4.69) is 21.7 Å². The molecule has 0 atom stereocenters. The van der Waals surface area contributed by atoms with Crippen molar-refractivity contribution in [2.75, 3.05) is 12.3 Å². The maximum Gasteiger partial charge on any atom is 0.191 e. The Balaban J connectivity index is 2.56. The van der Waals surface area contributed by atoms with Crippen LogP contribution >= 0.6 is 11.8 Å². The molecule has 0 unspecified atom stereocenters. The monoisotopic (exact) mass is 214 g/mol. The number of nitrogens with two attached hydrogens (primary N) is 1. The fourth-order valence-electron chi connectivity index (χ4n) is 1.16. The first-order chi connectivity index (χ1) is 6.79. The highest BCUT2D eigenvalue weighted by Crippen LogP contribution is 2.17. The molecular formula is C9H18N4S. The Kier molecular flexibility index (Phi) is 4.97. The van der Waals surface area contributed by atoms with E-state index in [0.717, 1.165) is 23.3 Å². The van der Waals surface area contributed by atoms with Gasteiger partial charge >= 0.3 is 0 Å². The first-order valence-corrected chi connectivity index (χ1v) is 6.00. The van der Waals surface area contributed by atoms with Gasteiger partial charge < -0.3 is 10.3 Å². The third-order valence-corrected chi connectivity index (χ3v) is 3.04. The summed E-state index contributed by atoms with van der Waals surface area (Å²) in [4.78, 5) is 0. The number of thioether (sulfide) groups is 1. The molecule has 0 radical (unpaired) electrons. The Morgan fingerprint density at radius 3 is 2.86 bits per heavy atom. The van der Waals surface area contributed by atoms with Gasteiger partial charge in [-0.3, -0.25) is 0 Å². The van der Waals surface area contributed by atoms with Crippen molar-refractivity contribution in [3.8, 4) is 0 Å². The summed E-state index contributed by atoms with van der Waals surface area (Å²) in [5, 5.41) is 9.18. The Hall–Kier alpha value is -0.550. The van der Waals surface area contributed by atoms with Crippen LogP contribution in [0, 0.1) is 6.92 Å². The van der Waals surface area contributed by atoms with Crippen molar-refractivity contribution < 1.29 is 0 Å². The van der Waals surface area contributed by atoms with Gasteiger partial charge in [0.2, 0.25) is 0 Å². The van der Waals surface area contributed by atoms with Gasteiger partial charge in [-0.05, 0) is 13.3 Å². The van der Waals surface area contributed by atoms with E-state index in [1.165, 1.54) is 12.8 Å². The lowest BCUT2D eigenvalue weighted by Crippen LogP contribution is -2.12. The Morgan fingerprint density at radius 2 is 2.21 bits per heavy atom. The molecule has 0 aliphatic heterocycles. The van der Waals surface area contributed by atoms with E-state index in [1.54, 1.807) is 11.8 Å². The fraction of sp³-hybridized carbons (Fsp3) is 0.778. The molecule has 0 spiro atoms. The standard InChI is InChI=1S/C9H18N4S/c1-3-4-7-14-9-12-11-8(2)13(9)6-5-10/h3-7,10H2,1-2H3. The zero-order valence-corrected chi connectivity index (χ0v) is 9.68. The van der Waals surface area contributed by atoms with Gasteiger partial charge in [-0.25, -0.2) is 0 Å². The van der Waals surface area contributed by atoms with Gasteiger partial charge in [-0.1, -0.05) is 25.1 Å². The average molecular weight is 214 g/mol. The molecule has 0 saturated heterocycles. The number of hydrogen-bond acceptors (Lipinski definition) is 4. The molecule has 1 rings (SSSR count). The lowest BCUT2D eigenvalue weighted by molar-refractivity contribution is 0.627. The normalized spacial score (nSPS) is 10.8. The Morgan fingerprint density at radius 1 is 1.43 bits per heavy atom. The van der Waals surface area contributed by atoms with Gasteiger partial charge in [0.1, 0.15) is 5.82 Å². The number of aryl methyl sites for hydroxylation is 1. The van der Waals surface area contributed by atoms with Gasteiger partial charge in [0.15, 0.2) is 5.16 Å². The second kappa shape index (κ2) is 6.03. The minimum atomic E-state index is 0.639. The summed E-state index contributed by atoms with van der Waals surface area (Å²) in [6, 6.07) is 0. The largest absolute Gasteiger partial charge is 0.329 e. The van der Waals surface area contributed by atoms with Crippen molar-refractivity contribution >= 4 is 11.8 Å². The molecule has 2 N–H and O–H groups in total. The molecule has 0 saturated carbocycles. The van der Waals surface area contributed by atoms with Gasteiger partial charge in [-0.15, -0.1) is 10.2 Å². The highest BCUT2D eigenvalue weighted by Gasteiger charge is 2.07. The minimum Gasteiger partial charge on any atom is -0.329 e. The molecule has 14 heavy (non-hydrogen) atoms. The lowest BCUT2D eigenvalue weighted by Gasteiger charge is -2.05. The third-order valence-electron chi connectivity index (χ3n) is 1.98. The number of aromatic nitrogens is 3. The van der Waals surface area contributed by atoms with Crippen molar-refractivity contribution in [1.29, 1.82) is 0 Å².